The summed E-state index contributed by atoms with van der Waals surface area (Å²) >= 11 is 0. The normalized spacial score (nSPS) is 21.8. The van der Waals surface area contributed by atoms with E-state index in [1.54, 1.807) is 0 Å². The number of likely N-dealkylation sites (tertiary alicyclic amines) is 1. The van der Waals surface area contributed by atoms with Gasteiger partial charge in [-0.25, -0.2) is 0 Å². The van der Waals surface area contributed by atoms with E-state index in [1.807, 2.05) is 49.1 Å². The highest BCUT2D eigenvalue weighted by Crippen LogP contribution is 2.27. The van der Waals surface area contributed by atoms with Crippen LogP contribution < -0.4 is 10.6 Å². The van der Waals surface area contributed by atoms with Gasteiger partial charge in [-0.05, 0) is 38.7 Å². The van der Waals surface area contributed by atoms with Gasteiger partial charge in [0, 0.05) is 31.6 Å². The quantitative estimate of drug-likeness (QED) is 0.414. The van der Waals surface area contributed by atoms with E-state index < -0.39 is 6.10 Å². The van der Waals surface area contributed by atoms with Gasteiger partial charge in [0.15, 0.2) is 5.96 Å². The van der Waals surface area contributed by atoms with E-state index in [9.17, 15) is 9.90 Å². The molecule has 7 nitrogen and oxygen atoms in total. The third kappa shape index (κ3) is 7.21. The van der Waals surface area contributed by atoms with Crippen molar-refractivity contribution in [1.82, 2.24) is 15.5 Å². The van der Waals surface area contributed by atoms with Crippen LogP contribution >= 0.6 is 0 Å². The zero-order valence-corrected chi connectivity index (χ0v) is 18.9. The number of carbonyl (C=O) groups excluding carboxylic acids is 1. The lowest BCUT2D eigenvalue weighted by Crippen LogP contribution is -2.45. The molecule has 3 atom stereocenters. The van der Waals surface area contributed by atoms with Gasteiger partial charge >= 0.3 is 0 Å². The second-order valence-corrected chi connectivity index (χ2v) is 8.66. The molecular formula is C24H38N4O3. The summed E-state index contributed by atoms with van der Waals surface area (Å²) in [5.41, 5.74) is 1.09. The fraction of sp³-hybridized carbons (Fsp3) is 0.667. The van der Waals surface area contributed by atoms with Crippen LogP contribution in [0, 0.1) is 5.92 Å². The van der Waals surface area contributed by atoms with Crippen LogP contribution in [-0.4, -0.2) is 66.8 Å². The Hall–Kier alpha value is -2.12. The number of hydrogen-bond acceptors (Lipinski definition) is 4. The van der Waals surface area contributed by atoms with Gasteiger partial charge < -0.3 is 25.4 Å². The van der Waals surface area contributed by atoms with Gasteiger partial charge in [0.05, 0.1) is 25.4 Å². The Morgan fingerprint density at radius 3 is 2.71 bits per heavy atom. The summed E-state index contributed by atoms with van der Waals surface area (Å²) in [5, 5.41) is 17.0. The lowest BCUT2D eigenvalue weighted by atomic mass is 10.1. The van der Waals surface area contributed by atoms with Crippen molar-refractivity contribution in [3.63, 3.8) is 0 Å². The fourth-order valence-corrected chi connectivity index (χ4v) is 4.35. The highest BCUT2D eigenvalue weighted by molar-refractivity contribution is 5.81. The number of nitrogens with one attached hydrogen (secondary N) is 2. The van der Waals surface area contributed by atoms with E-state index in [4.69, 9.17) is 4.74 Å². The second-order valence-electron chi connectivity index (χ2n) is 8.66. The van der Waals surface area contributed by atoms with E-state index in [-0.39, 0.29) is 31.2 Å². The molecule has 1 aromatic rings. The summed E-state index contributed by atoms with van der Waals surface area (Å²) in [4.78, 5) is 19.2. The zero-order valence-electron chi connectivity index (χ0n) is 18.9. The Labute approximate surface area is 186 Å². The Kier molecular flexibility index (Phi) is 9.15. The Morgan fingerprint density at radius 1 is 1.26 bits per heavy atom. The number of carbonyl (C=O) groups is 1. The molecular weight excluding hydrogens is 392 g/mol. The predicted molar refractivity (Wildman–Crippen MR) is 123 cm³/mol. The lowest BCUT2D eigenvalue weighted by molar-refractivity contribution is -0.134. The van der Waals surface area contributed by atoms with Crippen LogP contribution in [-0.2, 0) is 9.53 Å². The molecule has 0 spiro atoms. The number of benzene rings is 1. The summed E-state index contributed by atoms with van der Waals surface area (Å²) in [6, 6.07) is 10.2. The minimum absolute atomic E-state index is 0.0759. The van der Waals surface area contributed by atoms with Crippen molar-refractivity contribution >= 4 is 11.9 Å². The van der Waals surface area contributed by atoms with Gasteiger partial charge in [-0.3, -0.25) is 9.79 Å². The van der Waals surface area contributed by atoms with E-state index in [2.05, 4.69) is 15.6 Å². The van der Waals surface area contributed by atoms with Crippen LogP contribution in [0.2, 0.25) is 0 Å². The maximum absolute atomic E-state index is 12.7. The fourth-order valence-electron chi connectivity index (χ4n) is 4.35. The average molecular weight is 431 g/mol. The number of amides is 1. The van der Waals surface area contributed by atoms with Crippen LogP contribution in [0.3, 0.4) is 0 Å². The SMILES string of the molecule is CCNC(=NCC(O)COC(C)c1ccccc1)NC1CCN(C(=O)C2CCCC2)C1. The van der Waals surface area contributed by atoms with Crippen LogP contribution in [0.4, 0.5) is 0 Å². The summed E-state index contributed by atoms with van der Waals surface area (Å²) in [6.07, 6.45) is 4.61. The third-order valence-electron chi connectivity index (χ3n) is 6.16. The van der Waals surface area contributed by atoms with E-state index in [0.29, 0.717) is 11.9 Å². The first kappa shape index (κ1) is 23.5. The number of aliphatic hydroxyl groups is 1. The van der Waals surface area contributed by atoms with Crippen LogP contribution in [0.1, 0.15) is 57.6 Å². The van der Waals surface area contributed by atoms with Crippen LogP contribution in [0.5, 0.6) is 0 Å². The molecule has 1 heterocycles. The number of ether oxygens (including phenoxy) is 1. The maximum atomic E-state index is 12.7. The van der Waals surface area contributed by atoms with E-state index in [0.717, 1.165) is 44.5 Å². The molecule has 2 fully saturated rings. The van der Waals surface area contributed by atoms with Gasteiger partial charge in [-0.15, -0.1) is 0 Å². The molecule has 0 bridgehead atoms. The standard InChI is InChI=1S/C24H38N4O3/c1-3-25-24(26-15-22(29)17-31-18(2)19-9-5-4-6-10-19)27-21-13-14-28(16-21)23(30)20-11-7-8-12-20/h4-6,9-10,18,20-22,29H,3,7-8,11-17H2,1-2H3,(H2,25,26,27). The van der Waals surface area contributed by atoms with Crippen molar-refractivity contribution in [1.29, 1.82) is 0 Å². The molecule has 31 heavy (non-hydrogen) atoms. The topological polar surface area (TPSA) is 86.2 Å². The number of rotatable bonds is 9. The molecule has 1 aromatic carbocycles. The largest absolute Gasteiger partial charge is 0.389 e. The van der Waals surface area contributed by atoms with Gasteiger partial charge in [0.2, 0.25) is 5.91 Å². The minimum atomic E-state index is -0.675. The summed E-state index contributed by atoms with van der Waals surface area (Å²) in [6.45, 7) is 6.75. The molecule has 3 rings (SSSR count). The third-order valence-corrected chi connectivity index (χ3v) is 6.16. The molecule has 3 N–H and O–H groups in total. The summed E-state index contributed by atoms with van der Waals surface area (Å²) in [5.74, 6) is 1.23. The first-order valence-electron chi connectivity index (χ1n) is 11.7. The minimum Gasteiger partial charge on any atom is -0.389 e. The number of nitrogens with zero attached hydrogens (tertiary/aromatic N) is 2. The van der Waals surface area contributed by atoms with Gasteiger partial charge in [-0.2, -0.15) is 0 Å². The molecule has 1 amide bonds. The van der Waals surface area contributed by atoms with Gasteiger partial charge in [0.1, 0.15) is 0 Å². The van der Waals surface area contributed by atoms with Gasteiger partial charge in [-0.1, -0.05) is 43.2 Å². The molecule has 0 aromatic heterocycles. The van der Waals surface area contributed by atoms with E-state index >= 15 is 0 Å². The Balaban J connectivity index is 1.43. The predicted octanol–water partition coefficient (Wildman–Crippen LogP) is 2.47. The Morgan fingerprint density at radius 2 is 2.00 bits per heavy atom. The number of hydrogen-bond donors (Lipinski definition) is 3. The van der Waals surface area contributed by atoms with Crippen molar-refractivity contribution in [2.45, 2.75) is 64.2 Å². The molecule has 1 saturated carbocycles. The van der Waals surface area contributed by atoms with Crippen molar-refractivity contribution in [2.24, 2.45) is 10.9 Å². The molecule has 3 unspecified atom stereocenters. The highest BCUT2D eigenvalue weighted by Gasteiger charge is 2.32. The number of guanidine groups is 1. The van der Waals surface area contributed by atoms with E-state index in [1.165, 1.54) is 12.8 Å². The maximum Gasteiger partial charge on any atom is 0.225 e. The summed E-state index contributed by atoms with van der Waals surface area (Å²) < 4.78 is 5.80. The second kappa shape index (κ2) is 12.1. The molecule has 1 saturated heterocycles. The Bertz CT molecular complexity index is 706. The summed E-state index contributed by atoms with van der Waals surface area (Å²) in [7, 11) is 0. The lowest BCUT2D eigenvalue weighted by Gasteiger charge is -2.22. The molecule has 7 heteroatoms. The van der Waals surface area contributed by atoms with Crippen molar-refractivity contribution in [2.75, 3.05) is 32.8 Å². The van der Waals surface area contributed by atoms with Crippen LogP contribution in [0.25, 0.3) is 0 Å². The molecule has 172 valence electrons. The van der Waals surface area contributed by atoms with Gasteiger partial charge in [0.25, 0.3) is 0 Å². The first-order chi connectivity index (χ1) is 15.1. The monoisotopic (exact) mass is 430 g/mol. The number of aliphatic hydroxyl groups excluding tert-OH is 1. The molecule has 1 aliphatic heterocycles. The molecule has 0 radical (unpaired) electrons. The van der Waals surface area contributed by atoms with Crippen molar-refractivity contribution < 1.29 is 14.6 Å². The molecule has 2 aliphatic rings. The molecule has 1 aliphatic carbocycles. The highest BCUT2D eigenvalue weighted by atomic mass is 16.5. The van der Waals surface area contributed by atoms with Crippen LogP contribution in [0.15, 0.2) is 35.3 Å². The smallest absolute Gasteiger partial charge is 0.225 e. The first-order valence-corrected chi connectivity index (χ1v) is 11.7. The number of aliphatic imine (C=N–C) groups is 1. The average Bonchev–Trinajstić information content (AvgIpc) is 3.48. The zero-order chi connectivity index (χ0) is 22.1. The van der Waals surface area contributed by atoms with Crippen molar-refractivity contribution in [3.8, 4) is 0 Å². The van der Waals surface area contributed by atoms with Crippen molar-refractivity contribution in [3.05, 3.63) is 35.9 Å².